The van der Waals surface area contributed by atoms with Crippen LogP contribution in [0.2, 0.25) is 0 Å². The molecular formula is C41H65NO12. The highest BCUT2D eigenvalue weighted by atomic mass is 16.7. The van der Waals surface area contributed by atoms with E-state index in [1.807, 2.05) is 6.92 Å². The van der Waals surface area contributed by atoms with Gasteiger partial charge >= 0.3 is 0 Å². The number of amides is 1. The van der Waals surface area contributed by atoms with Crippen molar-refractivity contribution in [3.8, 4) is 0 Å². The molecule has 5 saturated heterocycles. The highest BCUT2D eigenvalue weighted by Crippen LogP contribution is 2.73. The number of carbonyl (C=O) groups is 1. The summed E-state index contributed by atoms with van der Waals surface area (Å²) in [7, 11) is 0. The molecule has 4 saturated carbocycles. The highest BCUT2D eigenvalue weighted by Gasteiger charge is 2.73. The predicted molar refractivity (Wildman–Crippen MR) is 191 cm³/mol. The normalized spacial score (nSPS) is 58.4. The Morgan fingerprint density at radius 3 is 1.93 bits per heavy atom. The van der Waals surface area contributed by atoms with E-state index in [9.17, 15) is 25.2 Å². The van der Waals surface area contributed by atoms with Crippen LogP contribution in [0.25, 0.3) is 0 Å². The number of ether oxygens (including phenoxy) is 7. The van der Waals surface area contributed by atoms with Crippen LogP contribution in [0.5, 0.6) is 0 Å². The van der Waals surface area contributed by atoms with Gasteiger partial charge in [-0.15, -0.1) is 0 Å². The molecule has 9 fully saturated rings. The van der Waals surface area contributed by atoms with E-state index in [1.165, 1.54) is 32.1 Å². The van der Waals surface area contributed by atoms with Gasteiger partial charge in [-0.05, 0) is 108 Å². The molecule has 13 nitrogen and oxygen atoms in total. The molecule has 5 N–H and O–H groups in total. The van der Waals surface area contributed by atoms with Crippen molar-refractivity contribution in [2.75, 3.05) is 0 Å². The zero-order valence-corrected chi connectivity index (χ0v) is 32.7. The molecule has 4 aliphatic carbocycles. The smallest absolute Gasteiger partial charge is 0.222 e. The Morgan fingerprint density at radius 2 is 1.28 bits per heavy atom. The first-order chi connectivity index (χ1) is 25.7. The predicted octanol–water partition coefficient (Wildman–Crippen LogP) is 3.26. The number of carbonyl (C=O) groups excluding carboxylic acids is 1. The maximum atomic E-state index is 12.5. The van der Waals surface area contributed by atoms with Crippen LogP contribution in [-0.2, 0) is 38.0 Å². The second-order valence-electron chi connectivity index (χ2n) is 19.4. The first-order valence-electron chi connectivity index (χ1n) is 21.3. The van der Waals surface area contributed by atoms with E-state index in [4.69, 9.17) is 33.2 Å². The first kappa shape index (κ1) is 38.5. The van der Waals surface area contributed by atoms with Gasteiger partial charge in [-0.2, -0.15) is 0 Å². The molecule has 306 valence electrons. The van der Waals surface area contributed by atoms with Gasteiger partial charge in [-0.1, -0.05) is 13.8 Å². The van der Waals surface area contributed by atoms with Gasteiger partial charge in [0.15, 0.2) is 18.9 Å². The summed E-state index contributed by atoms with van der Waals surface area (Å²) >= 11 is 0. The number of nitrogens with one attached hydrogen (secondary N) is 1. The van der Waals surface area contributed by atoms with E-state index >= 15 is 0 Å². The average molecular weight is 764 g/mol. The lowest BCUT2D eigenvalue weighted by Gasteiger charge is -2.67. The van der Waals surface area contributed by atoms with Crippen molar-refractivity contribution >= 4 is 5.91 Å². The number of aliphatic hydroxyl groups excluding tert-OH is 4. The summed E-state index contributed by atoms with van der Waals surface area (Å²) in [4.78, 5) is 12.5. The molecule has 0 spiro atoms. The quantitative estimate of drug-likeness (QED) is 0.251. The Labute approximate surface area is 319 Å². The fraction of sp³-hybridized carbons (Fsp3) is 0.976. The molecule has 0 aromatic rings. The van der Waals surface area contributed by atoms with Crippen LogP contribution < -0.4 is 5.32 Å². The van der Waals surface area contributed by atoms with Crippen LogP contribution in [-0.4, -0.2) is 118 Å². The molecule has 0 radical (unpaired) electrons. The summed E-state index contributed by atoms with van der Waals surface area (Å²) in [6.45, 7) is 10.4. The molecule has 5 aliphatic heterocycles. The second-order valence-corrected chi connectivity index (χ2v) is 19.4. The zero-order valence-electron chi connectivity index (χ0n) is 32.7. The number of hydrogen-bond acceptors (Lipinski definition) is 12. The van der Waals surface area contributed by atoms with E-state index in [0.29, 0.717) is 42.4 Å². The third-order valence-electron chi connectivity index (χ3n) is 16.7. The Kier molecular flexibility index (Phi) is 10.1. The SMILES string of the molecule is C[C@H]1O[C@@H](O[C@H]2[C@@H](O)C[C@@H](O[C@@H]3[C@@H](O)C[C@H](O[C@H]4CC[C@@]5(C)[C@H](CC[C@@H]6[C@H]5CC[C@]5(C)[C@H]7CC[C@]65O[C@@H]5NC(=O)C[C@H]57)C4)O[C@@H]3C)O[C@@H]2C)C[C@H](O)[C@@H]1O. The minimum atomic E-state index is -0.989. The van der Waals surface area contributed by atoms with Gasteiger partial charge in [-0.3, -0.25) is 4.79 Å². The molecule has 9 aliphatic rings. The molecule has 22 atom stereocenters. The zero-order chi connectivity index (χ0) is 37.9. The first-order valence-corrected chi connectivity index (χ1v) is 21.3. The summed E-state index contributed by atoms with van der Waals surface area (Å²) in [6.07, 6.45) is 2.48. The van der Waals surface area contributed by atoms with Gasteiger partial charge in [0.2, 0.25) is 5.91 Å². The molecule has 1 amide bonds. The maximum Gasteiger partial charge on any atom is 0.222 e. The molecule has 0 aromatic carbocycles. The van der Waals surface area contributed by atoms with Crippen LogP contribution >= 0.6 is 0 Å². The van der Waals surface area contributed by atoms with Gasteiger partial charge in [0, 0.05) is 37.0 Å². The van der Waals surface area contributed by atoms with Crippen molar-refractivity contribution in [2.45, 2.75) is 210 Å². The average Bonchev–Trinajstić information content (AvgIpc) is 3.57. The Hall–Kier alpha value is -0.970. The summed E-state index contributed by atoms with van der Waals surface area (Å²) in [5.74, 6) is 2.76. The third kappa shape index (κ3) is 6.16. The lowest BCUT2D eigenvalue weighted by atomic mass is 9.42. The monoisotopic (exact) mass is 763 g/mol. The van der Waals surface area contributed by atoms with Crippen LogP contribution in [0, 0.1) is 40.4 Å². The summed E-state index contributed by atoms with van der Waals surface area (Å²) in [6, 6.07) is 0. The molecular weight excluding hydrogens is 698 g/mol. The van der Waals surface area contributed by atoms with Gasteiger partial charge in [0.05, 0.1) is 48.3 Å². The Morgan fingerprint density at radius 1 is 0.667 bits per heavy atom. The molecule has 5 heterocycles. The lowest BCUT2D eigenvalue weighted by Crippen LogP contribution is -2.67. The lowest BCUT2D eigenvalue weighted by molar-refractivity contribution is -0.336. The van der Waals surface area contributed by atoms with Crippen molar-refractivity contribution < 1.29 is 58.4 Å². The maximum absolute atomic E-state index is 12.5. The molecule has 9 rings (SSSR count). The van der Waals surface area contributed by atoms with Crippen LogP contribution in [0.1, 0.15) is 118 Å². The van der Waals surface area contributed by atoms with Crippen molar-refractivity contribution in [3.63, 3.8) is 0 Å². The fourth-order valence-electron chi connectivity index (χ4n) is 13.9. The van der Waals surface area contributed by atoms with E-state index in [2.05, 4.69) is 19.2 Å². The van der Waals surface area contributed by atoms with Gasteiger partial charge in [0.1, 0.15) is 24.5 Å². The summed E-state index contributed by atoms with van der Waals surface area (Å²) in [5, 5.41) is 45.7. The summed E-state index contributed by atoms with van der Waals surface area (Å²) in [5.41, 5.74) is 0.252. The fourth-order valence-corrected chi connectivity index (χ4v) is 13.9. The minimum Gasteiger partial charge on any atom is -0.390 e. The van der Waals surface area contributed by atoms with Gasteiger partial charge < -0.3 is 58.9 Å². The topological polar surface area (TPSA) is 175 Å². The number of hydrogen-bond donors (Lipinski definition) is 5. The van der Waals surface area contributed by atoms with E-state index in [0.717, 1.165) is 25.7 Å². The largest absolute Gasteiger partial charge is 0.390 e. The molecule has 0 aromatic heterocycles. The highest BCUT2D eigenvalue weighted by molar-refractivity contribution is 5.79. The standard InChI is InChI=1S/C41H65NO12/c1-19-35(47)28(43)16-33(48-19)52-37-21(3)50-34(18-30(37)45)53-36-20(2)49-32(17-29(36)44)51-23-8-11-39(4)22(14-23)6-7-27-26(39)9-12-40(5)25-10-13-41(27,40)54-38-24(25)15-31(46)42-38/h19-30,32-38,43-45,47H,6-18H2,1-5H3,(H,42,46)/t19-,20-,21-,22-,23+,24+,25+,26-,27-,28+,29+,30+,32+,33+,34-,35-,36+,37-,38+,39+,40-,41+/m1/s1. The molecule has 0 unspecified atom stereocenters. The number of aliphatic hydroxyl groups is 4. The van der Waals surface area contributed by atoms with Crippen molar-refractivity contribution in [1.82, 2.24) is 5.32 Å². The second kappa shape index (κ2) is 14.1. The molecule has 2 bridgehead atoms. The molecule has 13 heteroatoms. The molecule has 54 heavy (non-hydrogen) atoms. The number of rotatable bonds is 6. The number of fused-ring (bicyclic) bond motifs is 5. The van der Waals surface area contributed by atoms with Crippen molar-refractivity contribution in [3.05, 3.63) is 0 Å². The van der Waals surface area contributed by atoms with E-state index < -0.39 is 73.8 Å². The summed E-state index contributed by atoms with van der Waals surface area (Å²) < 4.78 is 44.2. The van der Waals surface area contributed by atoms with Crippen LogP contribution in [0.4, 0.5) is 0 Å². The van der Waals surface area contributed by atoms with Crippen LogP contribution in [0.15, 0.2) is 0 Å². The van der Waals surface area contributed by atoms with Crippen molar-refractivity contribution in [2.24, 2.45) is 40.4 Å². The van der Waals surface area contributed by atoms with E-state index in [1.54, 1.807) is 13.8 Å². The van der Waals surface area contributed by atoms with Crippen LogP contribution in [0.3, 0.4) is 0 Å². The Bertz CT molecular complexity index is 1370. The minimum absolute atomic E-state index is 0.0693. The Balaban J connectivity index is 0.776. The third-order valence-corrected chi connectivity index (χ3v) is 16.7. The van der Waals surface area contributed by atoms with Gasteiger partial charge in [-0.25, -0.2) is 0 Å². The van der Waals surface area contributed by atoms with Crippen molar-refractivity contribution in [1.29, 1.82) is 0 Å². The van der Waals surface area contributed by atoms with E-state index in [-0.39, 0.29) is 47.5 Å². The van der Waals surface area contributed by atoms with Gasteiger partial charge in [0.25, 0.3) is 0 Å².